The van der Waals surface area contributed by atoms with Gasteiger partial charge in [-0.15, -0.1) is 0 Å². The Kier molecular flexibility index (Phi) is 5.45. The molecule has 116 valence electrons. The number of rotatable bonds is 4. The highest BCUT2D eigenvalue weighted by Gasteiger charge is 2.28. The number of nitrogens with one attached hydrogen (secondary N) is 2. The zero-order valence-electron chi connectivity index (χ0n) is 12.5. The van der Waals surface area contributed by atoms with Gasteiger partial charge in [0.15, 0.2) is 0 Å². The summed E-state index contributed by atoms with van der Waals surface area (Å²) < 4.78 is 5.36. The molecule has 5 nitrogen and oxygen atoms in total. The predicted octanol–water partition coefficient (Wildman–Crippen LogP) is 2.57. The molecule has 21 heavy (non-hydrogen) atoms. The Labute approximate surface area is 130 Å². The maximum Gasteiger partial charge on any atom is 0.319 e. The second-order valence-corrected chi connectivity index (χ2v) is 6.11. The van der Waals surface area contributed by atoms with Crippen LogP contribution in [0, 0.1) is 0 Å². The van der Waals surface area contributed by atoms with Gasteiger partial charge < -0.3 is 15.4 Å². The molecule has 1 fully saturated rings. The summed E-state index contributed by atoms with van der Waals surface area (Å²) in [6, 6.07) is 6.93. The van der Waals surface area contributed by atoms with Gasteiger partial charge in [0.05, 0.1) is 23.9 Å². The summed E-state index contributed by atoms with van der Waals surface area (Å²) in [6.07, 6.45) is 0. The second-order valence-electron chi connectivity index (χ2n) is 5.70. The number of carbonyl (C=O) groups is 1. The number of halogens is 1. The summed E-state index contributed by atoms with van der Waals surface area (Å²) in [5.74, 6) is 0. The van der Waals surface area contributed by atoms with Crippen LogP contribution in [0.5, 0.6) is 0 Å². The minimum atomic E-state index is -0.246. The smallest absolute Gasteiger partial charge is 0.319 e. The fraction of sp³-hybridized carbons (Fsp3) is 0.533. The Morgan fingerprint density at radius 1 is 1.33 bits per heavy atom. The number of carbonyl (C=O) groups excluding carboxylic acids is 1. The minimum absolute atomic E-state index is 0.110. The van der Waals surface area contributed by atoms with E-state index in [-0.39, 0.29) is 11.6 Å². The molecule has 6 heteroatoms. The zero-order valence-corrected chi connectivity index (χ0v) is 13.2. The van der Waals surface area contributed by atoms with Crippen LogP contribution < -0.4 is 10.6 Å². The van der Waals surface area contributed by atoms with E-state index in [1.165, 1.54) is 0 Å². The van der Waals surface area contributed by atoms with E-state index in [1.54, 1.807) is 12.1 Å². The molecule has 1 aromatic rings. The molecule has 1 saturated heterocycles. The number of ether oxygens (including phenoxy) is 1. The number of anilines is 1. The van der Waals surface area contributed by atoms with Gasteiger partial charge in [-0.1, -0.05) is 23.7 Å². The van der Waals surface area contributed by atoms with Gasteiger partial charge in [0, 0.05) is 25.2 Å². The molecule has 0 aliphatic carbocycles. The molecule has 0 saturated carbocycles. The molecule has 0 bridgehead atoms. The Bertz CT molecular complexity index is 488. The molecule has 0 radical (unpaired) electrons. The molecule has 1 heterocycles. The van der Waals surface area contributed by atoms with Crippen molar-refractivity contribution in [3.8, 4) is 0 Å². The zero-order chi connectivity index (χ0) is 15.3. The average molecular weight is 312 g/mol. The molecular weight excluding hydrogens is 290 g/mol. The third-order valence-corrected chi connectivity index (χ3v) is 4.00. The molecule has 0 spiro atoms. The summed E-state index contributed by atoms with van der Waals surface area (Å²) in [6.45, 7) is 8.07. The van der Waals surface area contributed by atoms with Crippen molar-refractivity contribution in [2.75, 3.05) is 38.2 Å². The van der Waals surface area contributed by atoms with Crippen molar-refractivity contribution in [3.63, 3.8) is 0 Å². The molecular formula is C15H22ClN3O2. The van der Waals surface area contributed by atoms with Crippen LogP contribution in [0.25, 0.3) is 0 Å². The number of morpholine rings is 1. The van der Waals surface area contributed by atoms with E-state index < -0.39 is 0 Å². The fourth-order valence-electron chi connectivity index (χ4n) is 2.31. The van der Waals surface area contributed by atoms with Crippen molar-refractivity contribution < 1.29 is 9.53 Å². The first kappa shape index (κ1) is 16.1. The first-order valence-electron chi connectivity index (χ1n) is 7.11. The van der Waals surface area contributed by atoms with E-state index in [9.17, 15) is 4.79 Å². The number of nitrogens with zero attached hydrogens (tertiary/aromatic N) is 1. The lowest BCUT2D eigenvalue weighted by Gasteiger charge is -2.40. The van der Waals surface area contributed by atoms with Crippen molar-refractivity contribution >= 4 is 23.3 Å². The van der Waals surface area contributed by atoms with E-state index in [1.807, 2.05) is 12.1 Å². The van der Waals surface area contributed by atoms with Gasteiger partial charge in [-0.2, -0.15) is 0 Å². The average Bonchev–Trinajstić information content (AvgIpc) is 2.49. The van der Waals surface area contributed by atoms with E-state index in [0.29, 0.717) is 17.3 Å². The Morgan fingerprint density at radius 3 is 2.67 bits per heavy atom. The molecule has 0 atom stereocenters. The lowest BCUT2D eigenvalue weighted by Crippen LogP contribution is -2.55. The first-order chi connectivity index (χ1) is 9.99. The molecule has 1 aliphatic heterocycles. The largest absolute Gasteiger partial charge is 0.379 e. The Balaban J connectivity index is 1.84. The van der Waals surface area contributed by atoms with Crippen LogP contribution in [-0.4, -0.2) is 49.3 Å². The number of para-hydroxylation sites is 1. The monoisotopic (exact) mass is 311 g/mol. The summed E-state index contributed by atoms with van der Waals surface area (Å²) in [7, 11) is 0. The van der Waals surface area contributed by atoms with Crippen molar-refractivity contribution in [3.05, 3.63) is 29.3 Å². The van der Waals surface area contributed by atoms with Crippen LogP contribution >= 0.6 is 11.6 Å². The van der Waals surface area contributed by atoms with Gasteiger partial charge >= 0.3 is 6.03 Å². The van der Waals surface area contributed by atoms with E-state index in [4.69, 9.17) is 16.3 Å². The van der Waals surface area contributed by atoms with Crippen LogP contribution in [0.2, 0.25) is 5.02 Å². The molecule has 1 aromatic carbocycles. The van der Waals surface area contributed by atoms with Gasteiger partial charge in [-0.05, 0) is 26.0 Å². The van der Waals surface area contributed by atoms with Crippen LogP contribution in [-0.2, 0) is 4.74 Å². The predicted molar refractivity (Wildman–Crippen MR) is 84.9 cm³/mol. The maximum atomic E-state index is 12.0. The standard InChI is InChI=1S/C15H22ClN3O2/c1-15(2,19-7-9-21-10-8-19)11-17-14(20)18-13-6-4-3-5-12(13)16/h3-6H,7-11H2,1-2H3,(H2,17,18,20). The van der Waals surface area contributed by atoms with Gasteiger partial charge in [0.2, 0.25) is 0 Å². The van der Waals surface area contributed by atoms with E-state index >= 15 is 0 Å². The summed E-state index contributed by atoms with van der Waals surface area (Å²) in [5.41, 5.74) is 0.502. The van der Waals surface area contributed by atoms with Gasteiger partial charge in [-0.25, -0.2) is 4.79 Å². The molecule has 2 N–H and O–H groups in total. The first-order valence-corrected chi connectivity index (χ1v) is 7.49. The normalized spacial score (nSPS) is 16.5. The number of hydrogen-bond donors (Lipinski definition) is 2. The van der Waals surface area contributed by atoms with Crippen molar-refractivity contribution in [1.29, 1.82) is 0 Å². The number of amides is 2. The lowest BCUT2D eigenvalue weighted by molar-refractivity contribution is -0.00863. The number of urea groups is 1. The van der Waals surface area contributed by atoms with Gasteiger partial charge in [-0.3, -0.25) is 4.90 Å². The number of benzene rings is 1. The number of hydrogen-bond acceptors (Lipinski definition) is 3. The molecule has 1 aliphatic rings. The van der Waals surface area contributed by atoms with Gasteiger partial charge in [0.1, 0.15) is 0 Å². The summed E-state index contributed by atoms with van der Waals surface area (Å²) in [5, 5.41) is 6.19. The van der Waals surface area contributed by atoms with Crippen LogP contribution in [0.3, 0.4) is 0 Å². The summed E-state index contributed by atoms with van der Waals surface area (Å²) in [4.78, 5) is 14.3. The minimum Gasteiger partial charge on any atom is -0.379 e. The third kappa shape index (κ3) is 4.59. The lowest BCUT2D eigenvalue weighted by atomic mass is 10.0. The van der Waals surface area contributed by atoms with Crippen LogP contribution in [0.1, 0.15) is 13.8 Å². The van der Waals surface area contributed by atoms with Crippen LogP contribution in [0.4, 0.5) is 10.5 Å². The quantitative estimate of drug-likeness (QED) is 0.898. The highest BCUT2D eigenvalue weighted by molar-refractivity contribution is 6.33. The highest BCUT2D eigenvalue weighted by Crippen LogP contribution is 2.20. The molecule has 2 amide bonds. The van der Waals surface area contributed by atoms with E-state index in [0.717, 1.165) is 26.3 Å². The molecule has 0 unspecified atom stereocenters. The summed E-state index contributed by atoms with van der Waals surface area (Å²) >= 11 is 6.02. The second kappa shape index (κ2) is 7.11. The van der Waals surface area contributed by atoms with Crippen LogP contribution in [0.15, 0.2) is 24.3 Å². The van der Waals surface area contributed by atoms with Crippen molar-refractivity contribution in [2.24, 2.45) is 0 Å². The molecule has 0 aromatic heterocycles. The fourth-order valence-corrected chi connectivity index (χ4v) is 2.49. The Hall–Kier alpha value is -1.30. The Morgan fingerprint density at radius 2 is 2.00 bits per heavy atom. The highest BCUT2D eigenvalue weighted by atomic mass is 35.5. The van der Waals surface area contributed by atoms with Crippen molar-refractivity contribution in [1.82, 2.24) is 10.2 Å². The van der Waals surface area contributed by atoms with E-state index in [2.05, 4.69) is 29.4 Å². The van der Waals surface area contributed by atoms with Crippen molar-refractivity contribution in [2.45, 2.75) is 19.4 Å². The molecule has 2 rings (SSSR count). The SMILES string of the molecule is CC(C)(CNC(=O)Nc1ccccc1Cl)N1CCOCC1. The maximum absolute atomic E-state index is 12.0. The third-order valence-electron chi connectivity index (χ3n) is 3.67. The topological polar surface area (TPSA) is 53.6 Å². The van der Waals surface area contributed by atoms with Gasteiger partial charge in [0.25, 0.3) is 0 Å².